The van der Waals surface area contributed by atoms with Crippen LogP contribution in [-0.2, 0) is 6.42 Å². The molecule has 0 aliphatic rings. The SMILES string of the molecule is N#CCc1nc[nH]c1[N+](=O)[O-]. The molecule has 0 amide bonds. The minimum Gasteiger partial charge on any atom is -0.358 e. The number of aromatic nitrogens is 2. The van der Waals surface area contributed by atoms with Gasteiger partial charge in [0.2, 0.25) is 0 Å². The molecule has 0 atom stereocenters. The first-order valence-corrected chi connectivity index (χ1v) is 2.79. The molecule has 0 bridgehead atoms. The summed E-state index contributed by atoms with van der Waals surface area (Å²) < 4.78 is 0. The summed E-state index contributed by atoms with van der Waals surface area (Å²) in [7, 11) is 0. The predicted octanol–water partition coefficient (Wildman–Crippen LogP) is 0.384. The molecule has 0 saturated carbocycles. The predicted molar refractivity (Wildman–Crippen MR) is 34.6 cm³/mol. The van der Waals surface area contributed by atoms with Gasteiger partial charge in [-0.25, -0.2) is 9.97 Å². The Kier molecular flexibility index (Phi) is 1.83. The van der Waals surface area contributed by atoms with E-state index in [1.165, 1.54) is 6.33 Å². The Labute approximate surface area is 61.6 Å². The van der Waals surface area contributed by atoms with Crippen molar-refractivity contribution in [1.82, 2.24) is 9.97 Å². The molecule has 0 unspecified atom stereocenters. The summed E-state index contributed by atoms with van der Waals surface area (Å²) in [6, 6.07) is 1.78. The molecule has 0 saturated heterocycles. The van der Waals surface area contributed by atoms with Crippen molar-refractivity contribution in [2.75, 3.05) is 0 Å². The van der Waals surface area contributed by atoms with Crippen molar-refractivity contribution >= 4 is 5.82 Å². The van der Waals surface area contributed by atoms with E-state index in [-0.39, 0.29) is 17.9 Å². The molecule has 1 aromatic heterocycles. The second-order valence-electron chi connectivity index (χ2n) is 1.79. The molecule has 1 aromatic rings. The molecule has 0 radical (unpaired) electrons. The van der Waals surface area contributed by atoms with Crippen LogP contribution in [-0.4, -0.2) is 14.9 Å². The van der Waals surface area contributed by atoms with Crippen molar-refractivity contribution in [3.05, 3.63) is 22.1 Å². The maximum Gasteiger partial charge on any atom is 0.344 e. The highest BCUT2D eigenvalue weighted by molar-refractivity contribution is 5.27. The third-order valence-corrected chi connectivity index (χ3v) is 1.12. The summed E-state index contributed by atoms with van der Waals surface area (Å²) in [6.07, 6.45) is 1.16. The van der Waals surface area contributed by atoms with Crippen LogP contribution >= 0.6 is 0 Å². The van der Waals surface area contributed by atoms with Gasteiger partial charge in [-0.15, -0.1) is 0 Å². The van der Waals surface area contributed by atoms with Crippen LogP contribution in [0.2, 0.25) is 0 Å². The molecule has 1 heterocycles. The average Bonchev–Trinajstić information content (AvgIpc) is 2.36. The van der Waals surface area contributed by atoms with Gasteiger partial charge >= 0.3 is 5.82 Å². The summed E-state index contributed by atoms with van der Waals surface area (Å²) >= 11 is 0. The van der Waals surface area contributed by atoms with Crippen LogP contribution in [0.5, 0.6) is 0 Å². The second-order valence-corrected chi connectivity index (χ2v) is 1.79. The van der Waals surface area contributed by atoms with Gasteiger partial charge in [-0.3, -0.25) is 0 Å². The highest BCUT2D eigenvalue weighted by atomic mass is 16.6. The number of rotatable bonds is 2. The quantitative estimate of drug-likeness (QED) is 0.489. The molecular weight excluding hydrogens is 148 g/mol. The van der Waals surface area contributed by atoms with Crippen LogP contribution in [0.25, 0.3) is 0 Å². The number of nitrogens with one attached hydrogen (secondary N) is 1. The van der Waals surface area contributed by atoms with Gasteiger partial charge in [0.25, 0.3) is 0 Å². The smallest absolute Gasteiger partial charge is 0.344 e. The first kappa shape index (κ1) is 7.21. The summed E-state index contributed by atoms with van der Waals surface area (Å²) in [5.74, 6) is -0.202. The lowest BCUT2D eigenvalue weighted by atomic mass is 10.3. The maximum atomic E-state index is 10.2. The van der Waals surface area contributed by atoms with Gasteiger partial charge in [-0.1, -0.05) is 0 Å². The van der Waals surface area contributed by atoms with E-state index in [1.54, 1.807) is 6.07 Å². The monoisotopic (exact) mass is 152 g/mol. The van der Waals surface area contributed by atoms with Gasteiger partial charge in [-0.05, 0) is 4.92 Å². The van der Waals surface area contributed by atoms with E-state index >= 15 is 0 Å². The van der Waals surface area contributed by atoms with Gasteiger partial charge in [0.1, 0.15) is 0 Å². The van der Waals surface area contributed by atoms with Crippen LogP contribution < -0.4 is 0 Å². The van der Waals surface area contributed by atoms with Gasteiger partial charge in [0, 0.05) is 0 Å². The summed E-state index contributed by atoms with van der Waals surface area (Å²) in [5, 5.41) is 18.4. The molecule has 0 spiro atoms. The molecule has 6 heteroatoms. The van der Waals surface area contributed by atoms with Crippen molar-refractivity contribution in [3.8, 4) is 6.07 Å². The van der Waals surface area contributed by atoms with Crippen LogP contribution in [0.3, 0.4) is 0 Å². The van der Waals surface area contributed by atoms with Gasteiger partial charge < -0.3 is 10.1 Å². The average molecular weight is 152 g/mol. The molecule has 11 heavy (non-hydrogen) atoms. The van der Waals surface area contributed by atoms with E-state index in [0.717, 1.165) is 0 Å². The topological polar surface area (TPSA) is 95.6 Å². The van der Waals surface area contributed by atoms with E-state index in [0.29, 0.717) is 0 Å². The fraction of sp³-hybridized carbons (Fsp3) is 0.200. The molecule has 1 N–H and O–H groups in total. The lowest BCUT2D eigenvalue weighted by Crippen LogP contribution is -1.93. The third-order valence-electron chi connectivity index (χ3n) is 1.12. The van der Waals surface area contributed by atoms with Gasteiger partial charge in [-0.2, -0.15) is 5.26 Å². The number of hydrogen-bond acceptors (Lipinski definition) is 4. The van der Waals surface area contributed by atoms with Crippen molar-refractivity contribution in [1.29, 1.82) is 5.26 Å². The van der Waals surface area contributed by atoms with E-state index in [4.69, 9.17) is 5.26 Å². The molecular formula is C5H4N4O2. The van der Waals surface area contributed by atoms with Crippen LogP contribution in [0.15, 0.2) is 6.33 Å². The standard InChI is InChI=1S/C5H4N4O2/c6-2-1-4-5(9(10)11)8-3-7-4/h3H,1H2,(H,7,8). The van der Waals surface area contributed by atoms with Crippen LogP contribution in [0, 0.1) is 21.4 Å². The second kappa shape index (κ2) is 2.79. The number of nitrogens with zero attached hydrogens (tertiary/aromatic N) is 3. The Morgan fingerprint density at radius 1 is 1.91 bits per heavy atom. The zero-order chi connectivity index (χ0) is 8.27. The Balaban J connectivity index is 2.98. The number of hydrogen-bond donors (Lipinski definition) is 1. The zero-order valence-corrected chi connectivity index (χ0v) is 5.44. The Morgan fingerprint density at radius 2 is 2.64 bits per heavy atom. The lowest BCUT2D eigenvalue weighted by Gasteiger charge is -1.89. The number of H-pyrrole nitrogens is 1. The highest BCUT2D eigenvalue weighted by Crippen LogP contribution is 2.11. The summed E-state index contributed by atoms with van der Waals surface area (Å²) in [6.45, 7) is 0. The summed E-state index contributed by atoms with van der Waals surface area (Å²) in [5.41, 5.74) is 0.178. The fourth-order valence-electron chi connectivity index (χ4n) is 0.678. The normalized spacial score (nSPS) is 9.00. The zero-order valence-electron chi connectivity index (χ0n) is 5.44. The number of nitro groups is 1. The fourth-order valence-corrected chi connectivity index (χ4v) is 0.678. The number of aromatic amines is 1. The third kappa shape index (κ3) is 1.32. The highest BCUT2D eigenvalue weighted by Gasteiger charge is 2.13. The molecule has 1 rings (SSSR count). The minimum atomic E-state index is -0.598. The number of nitriles is 1. The van der Waals surface area contributed by atoms with Crippen molar-refractivity contribution < 1.29 is 4.92 Å². The summed E-state index contributed by atoms with van der Waals surface area (Å²) in [4.78, 5) is 15.5. The Bertz CT molecular complexity index is 311. The van der Waals surface area contributed by atoms with Crippen molar-refractivity contribution in [2.24, 2.45) is 0 Å². The molecule has 0 aromatic carbocycles. The van der Waals surface area contributed by atoms with Crippen LogP contribution in [0.1, 0.15) is 5.69 Å². The molecule has 56 valence electrons. The molecule has 0 aliphatic heterocycles. The maximum absolute atomic E-state index is 10.2. The van der Waals surface area contributed by atoms with E-state index in [9.17, 15) is 10.1 Å². The van der Waals surface area contributed by atoms with Crippen molar-refractivity contribution in [3.63, 3.8) is 0 Å². The first-order chi connectivity index (χ1) is 5.25. The van der Waals surface area contributed by atoms with Gasteiger partial charge in [0.15, 0.2) is 12.0 Å². The largest absolute Gasteiger partial charge is 0.358 e. The van der Waals surface area contributed by atoms with E-state index < -0.39 is 4.92 Å². The van der Waals surface area contributed by atoms with E-state index in [1.807, 2.05) is 0 Å². The number of imidazole rings is 1. The Hall–Kier alpha value is -1.90. The van der Waals surface area contributed by atoms with Crippen LogP contribution in [0.4, 0.5) is 5.82 Å². The minimum absolute atomic E-state index is 0.0419. The van der Waals surface area contributed by atoms with Gasteiger partial charge in [0.05, 0.1) is 12.5 Å². The lowest BCUT2D eigenvalue weighted by molar-refractivity contribution is -0.389. The van der Waals surface area contributed by atoms with E-state index in [2.05, 4.69) is 9.97 Å². The Morgan fingerprint density at radius 3 is 3.18 bits per heavy atom. The molecule has 0 aliphatic carbocycles. The first-order valence-electron chi connectivity index (χ1n) is 2.79. The molecule has 0 fully saturated rings. The van der Waals surface area contributed by atoms with Crippen molar-refractivity contribution in [2.45, 2.75) is 6.42 Å². The molecule has 6 nitrogen and oxygen atoms in total.